The zero-order valence-corrected chi connectivity index (χ0v) is 31.3. The predicted molar refractivity (Wildman–Crippen MR) is 207 cm³/mol. The van der Waals surface area contributed by atoms with Gasteiger partial charge in [0.15, 0.2) is 10.9 Å². The van der Waals surface area contributed by atoms with E-state index in [9.17, 15) is 34.5 Å². The number of aromatic nitrogens is 4. The van der Waals surface area contributed by atoms with Gasteiger partial charge in [-0.2, -0.15) is 0 Å². The second-order valence-corrected chi connectivity index (χ2v) is 13.9. The quantitative estimate of drug-likeness (QED) is 0.0624. The highest BCUT2D eigenvalue weighted by atomic mass is 32.1. The molecule has 5 unspecified atom stereocenters. The third-order valence-electron chi connectivity index (χ3n) is 8.94. The number of rotatable bonds is 18. The van der Waals surface area contributed by atoms with E-state index < -0.39 is 48.1 Å². The number of carbonyl (C=O) groups is 4. The van der Waals surface area contributed by atoms with E-state index in [0.717, 1.165) is 28.8 Å². The molecule has 0 bridgehead atoms. The number of carbonyl (C=O) groups excluding carboxylic acids is 1. The third kappa shape index (κ3) is 15.2. The Morgan fingerprint density at radius 2 is 1.42 bits per heavy atom. The fraction of sp³-hybridized carbons (Fsp3) is 0.472. The first kappa shape index (κ1) is 42.5. The molecule has 1 amide bonds. The van der Waals surface area contributed by atoms with Crippen molar-refractivity contribution in [1.29, 1.82) is 0 Å². The molecule has 0 aliphatic carbocycles. The number of anilines is 1. The minimum absolute atomic E-state index is 0.197. The van der Waals surface area contributed by atoms with Gasteiger partial charge in [-0.15, -0.1) is 20.4 Å². The Hall–Kier alpha value is -5.21. The Balaban J connectivity index is 1.19. The number of hydrogen-bond acceptors (Lipinski definition) is 13. The molecule has 11 N–H and O–H groups in total. The number of aliphatic carboxylic acids is 3. The number of carboxylic acids is 3. The Kier molecular flexibility index (Phi) is 16.7. The van der Waals surface area contributed by atoms with Crippen molar-refractivity contribution in [3.05, 3.63) is 65.5 Å². The molecule has 0 saturated carbocycles. The Morgan fingerprint density at radius 3 is 2.07 bits per heavy atom. The first-order chi connectivity index (χ1) is 26.3. The van der Waals surface area contributed by atoms with Gasteiger partial charge in [-0.05, 0) is 68.1 Å². The van der Waals surface area contributed by atoms with Gasteiger partial charge in [0.25, 0.3) is 0 Å². The van der Waals surface area contributed by atoms with Crippen molar-refractivity contribution in [2.75, 3.05) is 25.0 Å². The second kappa shape index (κ2) is 21.6. The van der Waals surface area contributed by atoms with Gasteiger partial charge >= 0.3 is 17.9 Å². The number of unbranched alkanes of at least 4 members (excludes halogenated alkanes) is 1. The standard InChI is InChI=1S/C36H49N11O7S/c1-21-44-46-34(47-45-21)24-9-5-23(6-10-24)18-41-35(54)28(37)4-2-3-13-38-36(55)43-25-11-7-22(8-12-25)14-30-29(17-33(52)53)40-19-26(15-31(48)49)39-20-27(42-30)16-32(50)51/h5-12,26-30,39-40,42H,2-4,13-20,37H2,1H3,(H,41,54)(H,48,49)(H,50,51)(H,52,53)(H2,38,43,55). The predicted octanol–water partition coefficient (Wildman–Crippen LogP) is 0.566. The number of nitrogens with one attached hydrogen (secondary N) is 6. The van der Waals surface area contributed by atoms with E-state index in [1.54, 1.807) is 6.92 Å². The smallest absolute Gasteiger partial charge is 0.304 e. The summed E-state index contributed by atoms with van der Waals surface area (Å²) in [6.45, 7) is 3.03. The van der Waals surface area contributed by atoms with Gasteiger partial charge in [0.2, 0.25) is 11.7 Å². The molecular formula is C36H49N11O7S. The molecule has 2 aromatic carbocycles. The van der Waals surface area contributed by atoms with Crippen LogP contribution >= 0.6 is 12.2 Å². The van der Waals surface area contributed by atoms with Crippen molar-refractivity contribution >= 4 is 46.8 Å². The fourth-order valence-electron chi connectivity index (χ4n) is 6.06. The maximum atomic E-state index is 12.6. The van der Waals surface area contributed by atoms with Crippen molar-refractivity contribution in [2.24, 2.45) is 5.73 Å². The van der Waals surface area contributed by atoms with Crippen LogP contribution < -0.4 is 37.6 Å². The molecule has 2 heterocycles. The monoisotopic (exact) mass is 779 g/mol. The molecule has 1 aliphatic heterocycles. The van der Waals surface area contributed by atoms with E-state index in [-0.39, 0.29) is 38.3 Å². The van der Waals surface area contributed by atoms with Crippen LogP contribution in [0.1, 0.15) is 55.5 Å². The van der Waals surface area contributed by atoms with Gasteiger partial charge in [-0.25, -0.2) is 0 Å². The average Bonchev–Trinajstić information content (AvgIpc) is 3.20. The molecular weight excluding hydrogens is 731 g/mol. The number of nitrogens with two attached hydrogens (primary N) is 1. The number of amides is 1. The van der Waals surface area contributed by atoms with Crippen LogP contribution in [0.4, 0.5) is 5.69 Å². The topological polar surface area (TPSA) is 279 Å². The summed E-state index contributed by atoms with van der Waals surface area (Å²) in [7, 11) is 0. The molecule has 55 heavy (non-hydrogen) atoms. The molecule has 1 saturated heterocycles. The molecule has 18 nitrogen and oxygen atoms in total. The second-order valence-electron chi connectivity index (χ2n) is 13.5. The molecule has 5 atom stereocenters. The number of nitrogens with zero attached hydrogens (tertiary/aromatic N) is 4. The highest BCUT2D eigenvalue weighted by Gasteiger charge is 2.30. The van der Waals surface area contributed by atoms with Crippen molar-refractivity contribution in [2.45, 2.75) is 88.6 Å². The molecule has 19 heteroatoms. The van der Waals surface area contributed by atoms with Crippen LogP contribution in [0.15, 0.2) is 48.5 Å². The fourth-order valence-corrected chi connectivity index (χ4v) is 6.28. The van der Waals surface area contributed by atoms with E-state index in [2.05, 4.69) is 52.3 Å². The summed E-state index contributed by atoms with van der Waals surface area (Å²) >= 11 is 5.45. The largest absolute Gasteiger partial charge is 0.481 e. The number of benzene rings is 2. The summed E-state index contributed by atoms with van der Waals surface area (Å²) in [5.74, 6) is -2.39. The summed E-state index contributed by atoms with van der Waals surface area (Å²) in [5.41, 5.74) is 9.41. The molecule has 0 spiro atoms. The molecule has 1 fully saturated rings. The van der Waals surface area contributed by atoms with E-state index in [0.29, 0.717) is 49.1 Å². The highest BCUT2D eigenvalue weighted by Crippen LogP contribution is 2.17. The number of thiocarbonyl (C=S) groups is 1. The number of carboxylic acid groups (broad SMARTS) is 3. The van der Waals surface area contributed by atoms with Crippen molar-refractivity contribution in [3.63, 3.8) is 0 Å². The minimum Gasteiger partial charge on any atom is -0.481 e. The van der Waals surface area contributed by atoms with Crippen LogP contribution in [-0.4, -0.2) is 114 Å². The van der Waals surface area contributed by atoms with Crippen LogP contribution in [0.25, 0.3) is 11.4 Å². The lowest BCUT2D eigenvalue weighted by Gasteiger charge is -2.30. The number of aryl methyl sites for hydroxylation is 1. The Morgan fingerprint density at radius 1 is 0.800 bits per heavy atom. The van der Waals surface area contributed by atoms with E-state index in [1.807, 2.05) is 48.5 Å². The SMILES string of the molecule is Cc1nnc(-c2ccc(CNC(=O)C(N)CCCCNC(=S)Nc3ccc(CC4NC(CC(=O)O)CNC(CC(=O)O)CNC4CC(=O)O)cc3)cc2)nn1. The molecule has 1 aliphatic rings. The van der Waals surface area contributed by atoms with Gasteiger partial charge in [-0.1, -0.05) is 36.4 Å². The Bertz CT molecular complexity index is 1730. The molecule has 0 radical (unpaired) electrons. The number of hydrogen-bond donors (Lipinski definition) is 10. The normalized spacial score (nSPS) is 19.2. The van der Waals surface area contributed by atoms with Crippen molar-refractivity contribution in [3.8, 4) is 11.4 Å². The van der Waals surface area contributed by atoms with Gasteiger partial charge in [-0.3, -0.25) is 19.2 Å². The lowest BCUT2D eigenvalue weighted by Crippen LogP contribution is -2.54. The van der Waals surface area contributed by atoms with Gasteiger partial charge in [0.05, 0.1) is 25.3 Å². The Labute approximate surface area is 323 Å². The molecule has 296 valence electrons. The molecule has 4 rings (SSSR count). The highest BCUT2D eigenvalue weighted by molar-refractivity contribution is 7.80. The lowest BCUT2D eigenvalue weighted by molar-refractivity contribution is -0.139. The third-order valence-corrected chi connectivity index (χ3v) is 9.19. The van der Waals surface area contributed by atoms with Gasteiger partial charge < -0.3 is 53.0 Å². The molecule has 1 aromatic heterocycles. The van der Waals surface area contributed by atoms with Gasteiger partial charge in [0, 0.05) is 61.6 Å². The maximum absolute atomic E-state index is 12.6. The van der Waals surface area contributed by atoms with Crippen molar-refractivity contribution in [1.82, 2.24) is 47.0 Å². The summed E-state index contributed by atoms with van der Waals surface area (Å²) in [6, 6.07) is 12.1. The van der Waals surface area contributed by atoms with E-state index in [4.69, 9.17) is 18.0 Å². The van der Waals surface area contributed by atoms with Crippen LogP contribution in [0.5, 0.6) is 0 Å². The van der Waals surface area contributed by atoms with E-state index >= 15 is 0 Å². The van der Waals surface area contributed by atoms with Crippen LogP contribution in [0.3, 0.4) is 0 Å². The van der Waals surface area contributed by atoms with Gasteiger partial charge in [0.1, 0.15) is 0 Å². The average molecular weight is 780 g/mol. The summed E-state index contributed by atoms with van der Waals surface area (Å²) in [4.78, 5) is 47.3. The summed E-state index contributed by atoms with van der Waals surface area (Å²) in [5, 5.41) is 63.5. The van der Waals surface area contributed by atoms with Crippen molar-refractivity contribution < 1.29 is 34.5 Å². The summed E-state index contributed by atoms with van der Waals surface area (Å²) in [6.07, 6.45) is 1.69. The first-order valence-electron chi connectivity index (χ1n) is 18.0. The van der Waals surface area contributed by atoms with E-state index in [1.165, 1.54) is 0 Å². The molecule has 3 aromatic rings. The van der Waals surface area contributed by atoms with Crippen LogP contribution in [-0.2, 0) is 32.1 Å². The minimum atomic E-state index is -1.03. The lowest BCUT2D eigenvalue weighted by atomic mass is 9.95. The summed E-state index contributed by atoms with van der Waals surface area (Å²) < 4.78 is 0. The zero-order valence-electron chi connectivity index (χ0n) is 30.5. The first-order valence-corrected chi connectivity index (χ1v) is 18.4. The zero-order chi connectivity index (χ0) is 39.7. The van der Waals surface area contributed by atoms with Crippen LogP contribution in [0.2, 0.25) is 0 Å². The maximum Gasteiger partial charge on any atom is 0.304 e. The van der Waals surface area contributed by atoms with Crippen LogP contribution in [0, 0.1) is 6.92 Å².